The molecule has 0 aromatic carbocycles. The van der Waals surface area contributed by atoms with Crippen LogP contribution in [0, 0.1) is 11.8 Å². The number of pyridine rings is 1. The van der Waals surface area contributed by atoms with Crippen molar-refractivity contribution < 1.29 is 0 Å². The summed E-state index contributed by atoms with van der Waals surface area (Å²) < 4.78 is 0. The van der Waals surface area contributed by atoms with Crippen molar-refractivity contribution in [1.29, 1.82) is 0 Å². The van der Waals surface area contributed by atoms with Crippen LogP contribution in [0.15, 0.2) is 18.3 Å². The first-order valence-corrected chi connectivity index (χ1v) is 3.93. The third-order valence-electron chi connectivity index (χ3n) is 1.62. The third kappa shape index (κ3) is 2.28. The molecule has 0 bridgehead atoms. The second kappa shape index (κ2) is 4.40. The lowest BCUT2D eigenvalue weighted by Gasteiger charge is -1.99. The molecule has 0 spiro atoms. The van der Waals surface area contributed by atoms with E-state index in [1.165, 1.54) is 0 Å². The third-order valence-corrected chi connectivity index (χ3v) is 1.62. The van der Waals surface area contributed by atoms with Gasteiger partial charge in [0.25, 0.3) is 0 Å². The van der Waals surface area contributed by atoms with Gasteiger partial charge in [-0.2, -0.15) is 0 Å². The summed E-state index contributed by atoms with van der Waals surface area (Å²) in [6.45, 7) is 1.84. The highest BCUT2D eigenvalue weighted by Crippen LogP contribution is 2.08. The Hall–Kier alpha value is -1.49. The van der Waals surface area contributed by atoms with Crippen LogP contribution in [0.5, 0.6) is 0 Å². The van der Waals surface area contributed by atoms with Gasteiger partial charge in [-0.1, -0.05) is 6.07 Å². The van der Waals surface area contributed by atoms with Gasteiger partial charge in [-0.05, 0) is 25.0 Å². The second-order valence-corrected chi connectivity index (χ2v) is 2.47. The van der Waals surface area contributed by atoms with Crippen molar-refractivity contribution in [3.63, 3.8) is 0 Å². The summed E-state index contributed by atoms with van der Waals surface area (Å²) >= 11 is 0. The van der Waals surface area contributed by atoms with Gasteiger partial charge < -0.3 is 5.73 Å². The summed E-state index contributed by atoms with van der Waals surface area (Å²) in [7, 11) is 0. The van der Waals surface area contributed by atoms with Crippen LogP contribution in [0.4, 0.5) is 5.82 Å². The van der Waals surface area contributed by atoms with E-state index in [1.807, 2.05) is 19.1 Å². The van der Waals surface area contributed by atoms with Crippen LogP contribution < -0.4 is 5.73 Å². The van der Waals surface area contributed by atoms with Gasteiger partial charge in [0.1, 0.15) is 5.82 Å². The molecule has 0 atom stereocenters. The predicted octanol–water partition coefficient (Wildman–Crippen LogP) is 1.62. The van der Waals surface area contributed by atoms with Crippen LogP contribution in [0.2, 0.25) is 0 Å². The molecule has 0 amide bonds. The number of nitrogens with two attached hydrogens (primary N) is 1. The van der Waals surface area contributed by atoms with Crippen LogP contribution in [0.3, 0.4) is 0 Å². The van der Waals surface area contributed by atoms with Gasteiger partial charge in [0, 0.05) is 12.6 Å². The first kappa shape index (κ1) is 8.61. The molecule has 1 aromatic rings. The zero-order valence-corrected chi connectivity index (χ0v) is 7.17. The van der Waals surface area contributed by atoms with Gasteiger partial charge in [0.2, 0.25) is 0 Å². The lowest BCUT2D eigenvalue weighted by molar-refractivity contribution is 1.02. The fourth-order valence-corrected chi connectivity index (χ4v) is 0.984. The number of rotatable bonds is 2. The minimum absolute atomic E-state index is 0.621. The summed E-state index contributed by atoms with van der Waals surface area (Å²) in [4.78, 5) is 3.99. The molecule has 1 rings (SSSR count). The number of nitrogen functional groups attached to an aromatic ring is 1. The molecule has 1 heterocycles. The van der Waals surface area contributed by atoms with Crippen LogP contribution in [0.1, 0.15) is 18.9 Å². The largest absolute Gasteiger partial charge is 0.383 e. The highest BCUT2D eigenvalue weighted by atomic mass is 14.8. The molecular weight excluding hydrogens is 148 g/mol. The van der Waals surface area contributed by atoms with E-state index in [0.717, 1.165) is 18.4 Å². The summed E-state index contributed by atoms with van der Waals surface area (Å²) in [5.74, 6) is 6.46. The summed E-state index contributed by atoms with van der Waals surface area (Å²) in [6, 6.07) is 3.88. The molecule has 2 N–H and O–H groups in total. The summed E-state index contributed by atoms with van der Waals surface area (Å²) in [5.41, 5.74) is 6.73. The van der Waals surface area contributed by atoms with E-state index in [4.69, 9.17) is 5.73 Å². The Labute approximate surface area is 72.8 Å². The smallest absolute Gasteiger partial charge is 0.126 e. The minimum atomic E-state index is 0.621. The molecule has 0 saturated carbocycles. The monoisotopic (exact) mass is 160 g/mol. The Balaban J connectivity index is 2.61. The Bertz CT molecular complexity index is 307. The molecule has 0 aliphatic heterocycles. The first-order chi connectivity index (χ1) is 5.84. The quantitative estimate of drug-likeness (QED) is 0.668. The minimum Gasteiger partial charge on any atom is -0.383 e. The number of aryl methyl sites for hydroxylation is 1. The molecule has 0 saturated heterocycles. The standard InChI is InChI=1S/C10H12N2/c1-2-3-4-6-9-7-5-8-12-10(9)11/h5,7-8H,4,6H2,1H3,(H2,11,12). The molecule has 0 radical (unpaired) electrons. The second-order valence-electron chi connectivity index (χ2n) is 2.47. The van der Waals surface area contributed by atoms with E-state index in [0.29, 0.717) is 5.82 Å². The zero-order valence-electron chi connectivity index (χ0n) is 7.17. The van der Waals surface area contributed by atoms with Crippen LogP contribution in [-0.4, -0.2) is 4.98 Å². The molecule has 2 heteroatoms. The normalized spacial score (nSPS) is 8.75. The fourth-order valence-electron chi connectivity index (χ4n) is 0.984. The van der Waals surface area contributed by atoms with Crippen LogP contribution in [-0.2, 0) is 6.42 Å². The molecule has 0 aliphatic rings. The lowest BCUT2D eigenvalue weighted by atomic mass is 10.1. The maximum absolute atomic E-state index is 5.64. The van der Waals surface area contributed by atoms with Crippen molar-refractivity contribution in [2.45, 2.75) is 19.8 Å². The van der Waals surface area contributed by atoms with E-state index in [-0.39, 0.29) is 0 Å². The maximum atomic E-state index is 5.64. The van der Waals surface area contributed by atoms with E-state index in [1.54, 1.807) is 6.20 Å². The number of aromatic nitrogens is 1. The van der Waals surface area contributed by atoms with Crippen LogP contribution in [0.25, 0.3) is 0 Å². The molecule has 1 aromatic heterocycles. The maximum Gasteiger partial charge on any atom is 0.126 e. The zero-order chi connectivity index (χ0) is 8.81. The van der Waals surface area contributed by atoms with Gasteiger partial charge >= 0.3 is 0 Å². The number of anilines is 1. The molecule has 0 unspecified atom stereocenters. The molecule has 12 heavy (non-hydrogen) atoms. The molecular formula is C10H12N2. The Morgan fingerprint density at radius 3 is 3.08 bits per heavy atom. The number of hydrogen-bond acceptors (Lipinski definition) is 2. The fraction of sp³-hybridized carbons (Fsp3) is 0.300. The molecule has 0 aliphatic carbocycles. The highest BCUT2D eigenvalue weighted by molar-refractivity contribution is 5.38. The lowest BCUT2D eigenvalue weighted by Crippen LogP contribution is -1.96. The van der Waals surface area contributed by atoms with Crippen molar-refractivity contribution in [2.75, 3.05) is 5.73 Å². The molecule has 62 valence electrons. The van der Waals surface area contributed by atoms with Gasteiger partial charge in [0.15, 0.2) is 0 Å². The van der Waals surface area contributed by atoms with Crippen molar-refractivity contribution in [2.24, 2.45) is 0 Å². The van der Waals surface area contributed by atoms with E-state index >= 15 is 0 Å². The highest BCUT2D eigenvalue weighted by Gasteiger charge is 1.95. The van der Waals surface area contributed by atoms with Gasteiger partial charge in [0.05, 0.1) is 0 Å². The Morgan fingerprint density at radius 1 is 1.58 bits per heavy atom. The molecule has 0 fully saturated rings. The summed E-state index contributed by atoms with van der Waals surface area (Å²) in [6.07, 6.45) is 3.44. The van der Waals surface area contributed by atoms with Gasteiger partial charge in [-0.15, -0.1) is 11.8 Å². The van der Waals surface area contributed by atoms with Crippen molar-refractivity contribution >= 4 is 5.82 Å². The Kier molecular flexibility index (Phi) is 3.16. The van der Waals surface area contributed by atoms with E-state index < -0.39 is 0 Å². The van der Waals surface area contributed by atoms with Crippen molar-refractivity contribution in [1.82, 2.24) is 4.98 Å². The van der Waals surface area contributed by atoms with E-state index in [9.17, 15) is 0 Å². The van der Waals surface area contributed by atoms with Crippen LogP contribution >= 0.6 is 0 Å². The number of nitrogens with zero attached hydrogens (tertiary/aromatic N) is 1. The average molecular weight is 160 g/mol. The van der Waals surface area contributed by atoms with Crippen molar-refractivity contribution in [3.8, 4) is 11.8 Å². The number of hydrogen-bond donors (Lipinski definition) is 1. The summed E-state index contributed by atoms with van der Waals surface area (Å²) in [5, 5.41) is 0. The SMILES string of the molecule is CC#CCCc1cccnc1N. The van der Waals surface area contributed by atoms with E-state index in [2.05, 4.69) is 16.8 Å². The van der Waals surface area contributed by atoms with Crippen molar-refractivity contribution in [3.05, 3.63) is 23.9 Å². The van der Waals surface area contributed by atoms with Gasteiger partial charge in [-0.3, -0.25) is 0 Å². The average Bonchev–Trinajstić information content (AvgIpc) is 2.09. The topological polar surface area (TPSA) is 38.9 Å². The first-order valence-electron chi connectivity index (χ1n) is 3.93. The molecule has 2 nitrogen and oxygen atoms in total. The Morgan fingerprint density at radius 2 is 2.42 bits per heavy atom. The predicted molar refractivity (Wildman–Crippen MR) is 50.4 cm³/mol. The van der Waals surface area contributed by atoms with Gasteiger partial charge in [-0.25, -0.2) is 4.98 Å².